The predicted molar refractivity (Wildman–Crippen MR) is 98.8 cm³/mol. The fourth-order valence-electron chi connectivity index (χ4n) is 3.07. The SMILES string of the molecule is CCCCCCCc1ccc(-c2ccc3oc(C#N)cc3c2)cc1. The molecule has 0 fully saturated rings. The molecule has 3 rings (SSSR count). The van der Waals surface area contributed by atoms with Crippen LogP contribution in [0.4, 0.5) is 0 Å². The van der Waals surface area contributed by atoms with Gasteiger partial charge in [-0.15, -0.1) is 0 Å². The molecule has 0 aliphatic carbocycles. The third kappa shape index (κ3) is 3.86. The quantitative estimate of drug-likeness (QED) is 0.467. The van der Waals surface area contributed by atoms with Crippen molar-refractivity contribution >= 4 is 11.0 Å². The monoisotopic (exact) mass is 317 g/mol. The van der Waals surface area contributed by atoms with Crippen molar-refractivity contribution in [3.05, 3.63) is 59.9 Å². The maximum Gasteiger partial charge on any atom is 0.204 e. The molecule has 0 unspecified atom stereocenters. The zero-order chi connectivity index (χ0) is 16.8. The first kappa shape index (κ1) is 16.3. The Morgan fingerprint density at radius 2 is 1.62 bits per heavy atom. The van der Waals surface area contributed by atoms with E-state index >= 15 is 0 Å². The minimum atomic E-state index is 0.362. The van der Waals surface area contributed by atoms with Gasteiger partial charge in [-0.25, -0.2) is 0 Å². The van der Waals surface area contributed by atoms with Gasteiger partial charge in [0.1, 0.15) is 11.7 Å². The summed E-state index contributed by atoms with van der Waals surface area (Å²) >= 11 is 0. The number of hydrogen-bond donors (Lipinski definition) is 0. The van der Waals surface area contributed by atoms with E-state index in [2.05, 4.69) is 37.3 Å². The number of fused-ring (bicyclic) bond motifs is 1. The first-order chi connectivity index (χ1) is 11.8. The van der Waals surface area contributed by atoms with Gasteiger partial charge in [0.2, 0.25) is 5.76 Å². The molecule has 2 nitrogen and oxygen atoms in total. The Morgan fingerprint density at radius 3 is 2.38 bits per heavy atom. The Kier molecular flexibility index (Phi) is 5.33. The van der Waals surface area contributed by atoms with E-state index in [0.29, 0.717) is 5.76 Å². The van der Waals surface area contributed by atoms with Crippen molar-refractivity contribution in [1.29, 1.82) is 5.26 Å². The van der Waals surface area contributed by atoms with Gasteiger partial charge in [-0.1, -0.05) is 62.9 Å². The molecular weight excluding hydrogens is 294 g/mol. The smallest absolute Gasteiger partial charge is 0.204 e. The maximum atomic E-state index is 8.93. The molecule has 122 valence electrons. The van der Waals surface area contributed by atoms with Crippen LogP contribution in [0.3, 0.4) is 0 Å². The third-order valence-electron chi connectivity index (χ3n) is 4.48. The summed E-state index contributed by atoms with van der Waals surface area (Å²) < 4.78 is 5.44. The van der Waals surface area contributed by atoms with E-state index in [9.17, 15) is 0 Å². The van der Waals surface area contributed by atoms with Crippen LogP contribution < -0.4 is 0 Å². The van der Waals surface area contributed by atoms with Crippen molar-refractivity contribution in [3.8, 4) is 17.2 Å². The third-order valence-corrected chi connectivity index (χ3v) is 4.48. The maximum absolute atomic E-state index is 8.93. The summed E-state index contributed by atoms with van der Waals surface area (Å²) in [5.74, 6) is 0.362. The van der Waals surface area contributed by atoms with Crippen LogP contribution in [0.5, 0.6) is 0 Å². The van der Waals surface area contributed by atoms with Crippen LogP contribution in [-0.4, -0.2) is 0 Å². The largest absolute Gasteiger partial charge is 0.446 e. The molecule has 0 bridgehead atoms. The lowest BCUT2D eigenvalue weighted by atomic mass is 10.00. The molecule has 0 radical (unpaired) electrons. The molecule has 1 aromatic heterocycles. The molecular formula is C22H23NO. The van der Waals surface area contributed by atoms with E-state index in [1.165, 1.54) is 43.2 Å². The Labute approximate surface area is 143 Å². The highest BCUT2D eigenvalue weighted by Gasteiger charge is 2.05. The minimum absolute atomic E-state index is 0.362. The minimum Gasteiger partial charge on any atom is -0.446 e. The van der Waals surface area contributed by atoms with E-state index in [1.54, 1.807) is 6.07 Å². The van der Waals surface area contributed by atoms with Crippen molar-refractivity contribution < 1.29 is 4.42 Å². The van der Waals surface area contributed by atoms with Crippen LogP contribution in [0.2, 0.25) is 0 Å². The number of hydrogen-bond acceptors (Lipinski definition) is 2. The molecule has 24 heavy (non-hydrogen) atoms. The van der Waals surface area contributed by atoms with Crippen molar-refractivity contribution in [3.63, 3.8) is 0 Å². The Balaban J connectivity index is 1.68. The lowest BCUT2D eigenvalue weighted by Gasteiger charge is -2.05. The summed E-state index contributed by atoms with van der Waals surface area (Å²) in [6.07, 6.45) is 7.76. The van der Waals surface area contributed by atoms with Gasteiger partial charge in [0.05, 0.1) is 0 Å². The molecule has 0 atom stereocenters. The van der Waals surface area contributed by atoms with Crippen molar-refractivity contribution in [1.82, 2.24) is 0 Å². The van der Waals surface area contributed by atoms with Crippen LogP contribution in [0, 0.1) is 11.3 Å². The van der Waals surface area contributed by atoms with Gasteiger partial charge < -0.3 is 4.42 Å². The summed E-state index contributed by atoms with van der Waals surface area (Å²) in [7, 11) is 0. The van der Waals surface area contributed by atoms with Crippen LogP contribution >= 0.6 is 0 Å². The highest BCUT2D eigenvalue weighted by Crippen LogP contribution is 2.27. The van der Waals surface area contributed by atoms with Gasteiger partial charge in [-0.2, -0.15) is 5.26 Å². The lowest BCUT2D eigenvalue weighted by molar-refractivity contribution is 0.599. The second-order valence-corrected chi connectivity index (χ2v) is 6.34. The van der Waals surface area contributed by atoms with E-state index in [-0.39, 0.29) is 0 Å². The molecule has 0 aliphatic rings. The molecule has 0 saturated heterocycles. The summed E-state index contributed by atoms with van der Waals surface area (Å²) in [5, 5.41) is 9.91. The summed E-state index contributed by atoms with van der Waals surface area (Å²) in [6, 6.07) is 18.8. The summed E-state index contributed by atoms with van der Waals surface area (Å²) in [5.41, 5.74) is 4.53. The first-order valence-corrected chi connectivity index (χ1v) is 8.83. The summed E-state index contributed by atoms with van der Waals surface area (Å²) in [6.45, 7) is 2.25. The highest BCUT2D eigenvalue weighted by atomic mass is 16.3. The zero-order valence-electron chi connectivity index (χ0n) is 14.2. The average Bonchev–Trinajstić information content (AvgIpc) is 3.04. The Hall–Kier alpha value is -2.53. The topological polar surface area (TPSA) is 36.9 Å². The van der Waals surface area contributed by atoms with E-state index in [1.807, 2.05) is 18.2 Å². The number of benzene rings is 2. The summed E-state index contributed by atoms with van der Waals surface area (Å²) in [4.78, 5) is 0. The van der Waals surface area contributed by atoms with Gasteiger partial charge in [-0.05, 0) is 41.7 Å². The highest BCUT2D eigenvalue weighted by molar-refractivity contribution is 5.84. The molecule has 0 spiro atoms. The second-order valence-electron chi connectivity index (χ2n) is 6.34. The number of nitrogens with zero attached hydrogens (tertiary/aromatic N) is 1. The molecule has 0 aliphatic heterocycles. The average molecular weight is 317 g/mol. The first-order valence-electron chi connectivity index (χ1n) is 8.83. The molecule has 0 amide bonds. The molecule has 1 heterocycles. The Bertz CT molecular complexity index is 837. The zero-order valence-corrected chi connectivity index (χ0v) is 14.2. The molecule has 2 aromatic carbocycles. The van der Waals surface area contributed by atoms with Crippen molar-refractivity contribution in [2.75, 3.05) is 0 Å². The fourth-order valence-corrected chi connectivity index (χ4v) is 3.07. The number of rotatable bonds is 7. The molecule has 2 heteroatoms. The van der Waals surface area contributed by atoms with Crippen LogP contribution in [0.15, 0.2) is 52.9 Å². The number of furan rings is 1. The van der Waals surface area contributed by atoms with E-state index in [0.717, 1.165) is 23.0 Å². The van der Waals surface area contributed by atoms with Gasteiger partial charge in [0.25, 0.3) is 0 Å². The van der Waals surface area contributed by atoms with Crippen LogP contribution in [-0.2, 0) is 6.42 Å². The number of aryl methyl sites for hydroxylation is 1. The normalized spacial score (nSPS) is 10.8. The van der Waals surface area contributed by atoms with Crippen LogP contribution in [0.1, 0.15) is 50.4 Å². The van der Waals surface area contributed by atoms with Gasteiger partial charge in [0, 0.05) is 11.5 Å². The van der Waals surface area contributed by atoms with Crippen molar-refractivity contribution in [2.24, 2.45) is 0 Å². The van der Waals surface area contributed by atoms with Gasteiger partial charge >= 0.3 is 0 Å². The van der Waals surface area contributed by atoms with Crippen LogP contribution in [0.25, 0.3) is 22.1 Å². The standard InChI is InChI=1S/C22H23NO/c1-2-3-4-5-6-7-17-8-10-18(11-9-17)19-12-13-22-20(14-19)15-21(16-23)24-22/h8-15H,2-7H2,1H3. The predicted octanol–water partition coefficient (Wildman–Crippen LogP) is 6.48. The molecule has 0 saturated carbocycles. The van der Waals surface area contributed by atoms with E-state index < -0.39 is 0 Å². The Morgan fingerprint density at radius 1 is 0.875 bits per heavy atom. The number of unbranched alkanes of at least 4 members (excludes halogenated alkanes) is 4. The van der Waals surface area contributed by atoms with E-state index in [4.69, 9.17) is 9.68 Å². The fraction of sp³-hybridized carbons (Fsp3) is 0.318. The second kappa shape index (κ2) is 7.84. The van der Waals surface area contributed by atoms with Gasteiger partial charge in [-0.3, -0.25) is 0 Å². The van der Waals surface area contributed by atoms with Crippen molar-refractivity contribution in [2.45, 2.75) is 45.4 Å². The molecule has 3 aromatic rings. The lowest BCUT2D eigenvalue weighted by Crippen LogP contribution is -1.86. The number of nitriles is 1. The molecule has 0 N–H and O–H groups in total. The van der Waals surface area contributed by atoms with Gasteiger partial charge in [0.15, 0.2) is 0 Å².